The highest BCUT2D eigenvalue weighted by atomic mass is 35.5. The first-order chi connectivity index (χ1) is 42.8. The van der Waals surface area contributed by atoms with Crippen molar-refractivity contribution in [2.24, 2.45) is 17.2 Å². The van der Waals surface area contributed by atoms with Crippen molar-refractivity contribution in [1.82, 2.24) is 47.9 Å². The van der Waals surface area contributed by atoms with Crippen molar-refractivity contribution >= 4 is 82.7 Å². The number of halogens is 1. The van der Waals surface area contributed by atoms with Crippen LogP contribution in [0.5, 0.6) is 0 Å². The number of carbonyl (C=O) groups excluding carboxylic acids is 10. The minimum absolute atomic E-state index is 0.0390. The molecule has 90 heavy (non-hydrogen) atoms. The summed E-state index contributed by atoms with van der Waals surface area (Å²) >= 11 is 5.93. The first-order valence-electron chi connectivity index (χ1n) is 30.3. The zero-order valence-corrected chi connectivity index (χ0v) is 51.9. The van der Waals surface area contributed by atoms with E-state index in [1.807, 2.05) is 11.4 Å². The van der Waals surface area contributed by atoms with E-state index in [1.54, 1.807) is 18.2 Å². The van der Waals surface area contributed by atoms with Crippen molar-refractivity contribution in [2.45, 2.75) is 209 Å². The molecule has 1 aromatic carbocycles. The molecule has 0 bridgehead atoms. The highest BCUT2D eigenvalue weighted by molar-refractivity contribution is 6.18. The van der Waals surface area contributed by atoms with E-state index in [0.29, 0.717) is 12.0 Å². The molecule has 1 aliphatic heterocycles. The zero-order valence-electron chi connectivity index (χ0n) is 51.2. The quantitative estimate of drug-likeness (QED) is 0.0156. The normalized spacial score (nSPS) is 23.5. The molecular formula is C58H93ClN12O19. The van der Waals surface area contributed by atoms with E-state index in [9.17, 15) is 88.2 Å². The number of nitrogens with two attached hydrogens (primary N) is 3. The number of cyclic esters (lactones) is 1. The molecule has 1 saturated heterocycles. The highest BCUT2D eigenvalue weighted by Gasteiger charge is 2.40. The predicted molar refractivity (Wildman–Crippen MR) is 324 cm³/mol. The molecule has 1 heterocycles. The summed E-state index contributed by atoms with van der Waals surface area (Å²) in [5, 5.41) is 83.1. The van der Waals surface area contributed by atoms with Gasteiger partial charge in [-0.3, -0.25) is 47.9 Å². The summed E-state index contributed by atoms with van der Waals surface area (Å²) in [7, 11) is 0. The van der Waals surface area contributed by atoms with E-state index >= 15 is 0 Å². The summed E-state index contributed by atoms with van der Waals surface area (Å²) in [5.41, 5.74) is 17.8. The van der Waals surface area contributed by atoms with E-state index in [2.05, 4.69) is 49.5 Å². The average Bonchev–Trinajstić information content (AvgIpc) is 3.49. The van der Waals surface area contributed by atoms with Crippen molar-refractivity contribution in [3.63, 3.8) is 0 Å². The Labute approximate surface area is 527 Å². The second kappa shape index (κ2) is 42.6. The van der Waals surface area contributed by atoms with E-state index in [4.69, 9.17) is 33.5 Å². The van der Waals surface area contributed by atoms with E-state index in [-0.39, 0.29) is 38.9 Å². The lowest BCUT2D eigenvalue weighted by atomic mass is 9.99. The molecule has 0 saturated carbocycles. The fraction of sp³-hybridized carbons (Fsp3) is 0.655. The summed E-state index contributed by atoms with van der Waals surface area (Å²) < 4.78 is 5.39. The molecule has 1 aliphatic rings. The Morgan fingerprint density at radius 3 is 1.72 bits per heavy atom. The van der Waals surface area contributed by atoms with Crippen LogP contribution in [-0.4, -0.2) is 200 Å². The lowest BCUT2D eigenvalue weighted by Gasteiger charge is -2.29. The summed E-state index contributed by atoms with van der Waals surface area (Å²) in [4.78, 5) is 164. The number of nitrogens with one attached hydrogen (secondary N) is 9. The molecule has 0 aromatic heterocycles. The summed E-state index contributed by atoms with van der Waals surface area (Å²) in [5.74, 6) is -17.8. The van der Waals surface area contributed by atoms with Crippen LogP contribution in [0.25, 0.3) is 0 Å². The molecule has 0 radical (unpaired) electrons. The Morgan fingerprint density at radius 1 is 0.644 bits per heavy atom. The van der Waals surface area contributed by atoms with Gasteiger partial charge in [0.05, 0.1) is 37.0 Å². The molecule has 12 atom stereocenters. The highest BCUT2D eigenvalue weighted by Crippen LogP contribution is 2.21. The second-order valence-corrected chi connectivity index (χ2v) is 22.1. The van der Waals surface area contributed by atoms with E-state index in [1.165, 1.54) is 45.4 Å². The van der Waals surface area contributed by atoms with Crippen LogP contribution in [0.15, 0.2) is 36.0 Å². The topological polar surface area (TPSA) is 522 Å². The van der Waals surface area contributed by atoms with Crippen molar-refractivity contribution in [1.29, 1.82) is 0 Å². The van der Waals surface area contributed by atoms with Crippen molar-refractivity contribution < 1.29 is 92.9 Å². The van der Waals surface area contributed by atoms with Gasteiger partial charge in [-0.1, -0.05) is 95.1 Å². The molecule has 2 rings (SSSR count). The second-order valence-electron chi connectivity index (χ2n) is 21.8. The SMILES string of the molecule is C/C=C1/NC(=O)C([C@H](C)O)NC(=O)[C@H](CCN)NC(=O)C([C@H](O)C(=O)O)NC(=O)C(CCCCN)NC(=O)[C@H](CC(=O)O)NC(=O)C(CCN)NC(=O)C(NC(=O)C[C@@H](O)c2cccc(CCCCCCCCCCCC)c2)COC(=O)C([C@H](O)CCl)NC1=O. The Morgan fingerprint density at radius 2 is 1.18 bits per heavy atom. The minimum Gasteiger partial charge on any atom is -0.481 e. The molecule has 506 valence electrons. The first kappa shape index (κ1) is 78.7. The van der Waals surface area contributed by atoms with Gasteiger partial charge in [-0.15, -0.1) is 11.6 Å². The number of esters is 1. The molecule has 0 spiro atoms. The third kappa shape index (κ3) is 28.2. The summed E-state index contributed by atoms with van der Waals surface area (Å²) in [6.45, 7) is 2.57. The van der Waals surface area contributed by atoms with Crippen LogP contribution in [0.1, 0.15) is 147 Å². The van der Waals surface area contributed by atoms with Gasteiger partial charge in [0, 0.05) is 0 Å². The molecule has 0 aliphatic carbocycles. The number of carboxylic acids is 2. The van der Waals surface area contributed by atoms with Crippen LogP contribution < -0.4 is 65.1 Å². The molecule has 31 nitrogen and oxygen atoms in total. The summed E-state index contributed by atoms with van der Waals surface area (Å²) in [6.07, 6.45) is 2.08. The fourth-order valence-corrected chi connectivity index (χ4v) is 9.46. The number of hydrogen-bond donors (Lipinski definition) is 18. The number of aliphatic carboxylic acids is 2. The Bertz CT molecular complexity index is 2580. The number of rotatable bonds is 30. The molecule has 6 unspecified atom stereocenters. The predicted octanol–water partition coefficient (Wildman–Crippen LogP) is -3.24. The Hall–Kier alpha value is -7.39. The van der Waals surface area contributed by atoms with Crippen molar-refractivity contribution in [3.05, 3.63) is 47.2 Å². The van der Waals surface area contributed by atoms with Crippen LogP contribution >= 0.6 is 11.6 Å². The third-order valence-electron chi connectivity index (χ3n) is 14.4. The number of aliphatic hydroxyl groups excluding tert-OH is 4. The van der Waals surface area contributed by atoms with Crippen LogP contribution in [0, 0.1) is 0 Å². The lowest BCUT2D eigenvalue weighted by molar-refractivity contribution is -0.153. The molecule has 9 amide bonds. The molecule has 1 fully saturated rings. The van der Waals surface area contributed by atoms with Gasteiger partial charge >= 0.3 is 17.9 Å². The number of aryl methyl sites for hydroxylation is 1. The van der Waals surface area contributed by atoms with Gasteiger partial charge in [-0.25, -0.2) is 9.59 Å². The molecule has 32 heteroatoms. The molecular weight excluding hydrogens is 1200 g/mol. The van der Waals surface area contributed by atoms with Crippen molar-refractivity contribution in [2.75, 3.05) is 32.1 Å². The van der Waals surface area contributed by atoms with Crippen LogP contribution in [0.3, 0.4) is 0 Å². The van der Waals surface area contributed by atoms with Crippen LogP contribution in [0.2, 0.25) is 0 Å². The van der Waals surface area contributed by atoms with Gasteiger partial charge < -0.3 is 100 Å². The Balaban J connectivity index is 2.74. The third-order valence-corrected chi connectivity index (χ3v) is 14.7. The monoisotopic (exact) mass is 1300 g/mol. The number of amides is 9. The number of carbonyl (C=O) groups is 12. The number of unbranched alkanes of at least 4 members (excludes halogenated alkanes) is 10. The zero-order chi connectivity index (χ0) is 67.5. The first-order valence-corrected chi connectivity index (χ1v) is 30.8. The van der Waals surface area contributed by atoms with E-state index in [0.717, 1.165) is 44.2 Å². The number of carboxylic acid groups (broad SMARTS) is 2. The summed E-state index contributed by atoms with van der Waals surface area (Å²) in [6, 6.07) is -9.22. The number of hydrogen-bond acceptors (Lipinski definition) is 20. The lowest BCUT2D eigenvalue weighted by Crippen LogP contribution is -2.63. The molecule has 21 N–H and O–H groups in total. The van der Waals surface area contributed by atoms with Crippen molar-refractivity contribution in [3.8, 4) is 0 Å². The number of aliphatic hydroxyl groups is 4. The number of alkyl halides is 1. The average molecular weight is 1300 g/mol. The number of ether oxygens (including phenoxy) is 1. The largest absolute Gasteiger partial charge is 0.481 e. The van der Waals surface area contributed by atoms with E-state index < -0.39 is 188 Å². The maximum atomic E-state index is 14.3. The van der Waals surface area contributed by atoms with Gasteiger partial charge in [0.1, 0.15) is 54.6 Å². The van der Waals surface area contributed by atoms with Gasteiger partial charge in [-0.2, -0.15) is 0 Å². The smallest absolute Gasteiger partial charge is 0.335 e. The maximum absolute atomic E-state index is 14.3. The number of allylic oxidation sites excluding steroid dienone is 1. The van der Waals surface area contributed by atoms with Crippen LogP contribution in [0.4, 0.5) is 0 Å². The number of benzene rings is 1. The maximum Gasteiger partial charge on any atom is 0.335 e. The van der Waals surface area contributed by atoms with Gasteiger partial charge in [0.2, 0.25) is 47.3 Å². The van der Waals surface area contributed by atoms with Crippen LogP contribution in [-0.2, 0) is 68.7 Å². The van der Waals surface area contributed by atoms with Gasteiger partial charge in [0.15, 0.2) is 12.1 Å². The minimum atomic E-state index is -2.77. The Kier molecular flexibility index (Phi) is 37.2. The van der Waals surface area contributed by atoms with Gasteiger partial charge in [-0.05, 0) is 89.6 Å². The standard InChI is InChI=1S/C58H93ClN12O19/c1-4-6-7-8-9-10-11-12-13-14-18-33-19-17-20-34(27-33)41(73)29-43(75)63-40-31-90-58(89)46(42(74)30-59)70-49(79)35(5-2)64-55(85)45(32(3)72)69-52(82)38(23-26-62)67-56(86)47(48(78)57(87)88)71-51(81)36(21-15-16-24-60)65-53(83)39(28-44(76)77)68-50(80)37(22-25-61)66-54(40)84/h5,17,19-20,27,32,36-42,45-48,72-74,78H,4,6-16,18,21-26,28-31,60-62H2,1-3H3,(H,63,75)(H,64,85)(H,65,83)(H,66,84)(H,67,86)(H,68,80)(H,69,82)(H,70,79)(H,71,81)(H,76,77)(H,87,88)/b35-5+/t32-,36?,37?,38-,39-,40?,41+,42+,45?,46?,47?,48-/m0/s1. The van der Waals surface area contributed by atoms with Gasteiger partial charge in [0.25, 0.3) is 5.91 Å². The molecule has 1 aromatic rings. The fourth-order valence-electron chi connectivity index (χ4n) is 9.29.